The van der Waals surface area contributed by atoms with Crippen LogP contribution in [0.3, 0.4) is 0 Å². The molecule has 1 N–H and O–H groups in total. The largest absolute Gasteiger partial charge is 0.322 e. The van der Waals surface area contributed by atoms with Crippen LogP contribution in [0.4, 0.5) is 14.5 Å². The average Bonchev–Trinajstić information content (AvgIpc) is 3.12. The van der Waals surface area contributed by atoms with Crippen molar-refractivity contribution in [3.05, 3.63) is 29.8 Å². The van der Waals surface area contributed by atoms with Crippen molar-refractivity contribution in [2.24, 2.45) is 0 Å². The fraction of sp³-hybridized carbons (Fsp3) is 0.611. The van der Waals surface area contributed by atoms with E-state index in [0.717, 1.165) is 44.1 Å². The molecule has 2 aliphatic heterocycles. The molecule has 2 saturated heterocycles. The van der Waals surface area contributed by atoms with Gasteiger partial charge in [-0.2, -0.15) is 0 Å². The highest BCUT2D eigenvalue weighted by atomic mass is 19.1. The Morgan fingerprint density at radius 2 is 1.83 bits per heavy atom. The van der Waals surface area contributed by atoms with Crippen LogP contribution in [0.2, 0.25) is 0 Å². The first kappa shape index (κ1) is 17.3. The van der Waals surface area contributed by atoms with E-state index in [4.69, 9.17) is 0 Å². The van der Waals surface area contributed by atoms with Gasteiger partial charge < -0.3 is 10.2 Å². The molecular weight excluding hydrogens is 312 g/mol. The van der Waals surface area contributed by atoms with Gasteiger partial charge in [0.2, 0.25) is 5.91 Å². The predicted molar refractivity (Wildman–Crippen MR) is 89.9 cm³/mol. The molecule has 0 bridgehead atoms. The maximum absolute atomic E-state index is 13.7. The van der Waals surface area contributed by atoms with Gasteiger partial charge in [-0.3, -0.25) is 9.69 Å². The molecule has 0 aromatic heterocycles. The number of carbonyl (C=O) groups is 1. The van der Waals surface area contributed by atoms with E-state index in [2.05, 4.69) is 15.1 Å². The van der Waals surface area contributed by atoms with Gasteiger partial charge in [0.25, 0.3) is 0 Å². The van der Waals surface area contributed by atoms with E-state index in [-0.39, 0.29) is 17.6 Å². The van der Waals surface area contributed by atoms with Gasteiger partial charge in [-0.1, -0.05) is 0 Å². The molecule has 1 aromatic carbocycles. The van der Waals surface area contributed by atoms with Crippen LogP contribution in [0.25, 0.3) is 0 Å². The quantitative estimate of drug-likeness (QED) is 0.918. The van der Waals surface area contributed by atoms with E-state index >= 15 is 0 Å². The molecule has 24 heavy (non-hydrogen) atoms. The summed E-state index contributed by atoms with van der Waals surface area (Å²) in [4.78, 5) is 17.0. The number of rotatable bonds is 4. The molecule has 4 nitrogen and oxygen atoms in total. The summed E-state index contributed by atoms with van der Waals surface area (Å²) in [6.07, 6.45) is 4.70. The zero-order valence-electron chi connectivity index (χ0n) is 14.1. The Labute approximate surface area is 141 Å². The molecule has 2 aliphatic rings. The lowest BCUT2D eigenvalue weighted by Gasteiger charge is -2.38. The minimum Gasteiger partial charge on any atom is -0.322 e. The van der Waals surface area contributed by atoms with Gasteiger partial charge in [-0.15, -0.1) is 0 Å². The summed E-state index contributed by atoms with van der Waals surface area (Å²) in [6, 6.07) is 3.35. The van der Waals surface area contributed by atoms with E-state index in [1.54, 1.807) is 0 Å². The molecule has 1 unspecified atom stereocenters. The molecule has 1 aromatic rings. The summed E-state index contributed by atoms with van der Waals surface area (Å²) in [5, 5.41) is 2.51. The maximum atomic E-state index is 13.7. The second kappa shape index (κ2) is 7.57. The maximum Gasteiger partial charge on any atom is 0.241 e. The Balaban J connectivity index is 1.53. The first-order valence-corrected chi connectivity index (χ1v) is 8.78. The summed E-state index contributed by atoms with van der Waals surface area (Å²) < 4.78 is 26.9. The number of carbonyl (C=O) groups excluding carboxylic acids is 1. The van der Waals surface area contributed by atoms with E-state index in [0.29, 0.717) is 6.04 Å². The minimum absolute atomic E-state index is 0.0983. The first-order chi connectivity index (χ1) is 11.5. The highest BCUT2D eigenvalue weighted by Crippen LogP contribution is 2.23. The van der Waals surface area contributed by atoms with Crippen molar-refractivity contribution in [2.45, 2.75) is 44.7 Å². The van der Waals surface area contributed by atoms with Crippen LogP contribution in [-0.2, 0) is 4.79 Å². The van der Waals surface area contributed by atoms with Crippen LogP contribution in [0, 0.1) is 11.6 Å². The van der Waals surface area contributed by atoms with Crippen molar-refractivity contribution in [2.75, 3.05) is 31.5 Å². The van der Waals surface area contributed by atoms with Crippen LogP contribution in [0.5, 0.6) is 0 Å². The number of anilines is 1. The molecule has 132 valence electrons. The molecule has 0 saturated carbocycles. The summed E-state index contributed by atoms with van der Waals surface area (Å²) in [5.74, 6) is -1.48. The molecule has 1 atom stereocenters. The lowest BCUT2D eigenvalue weighted by Crippen LogP contribution is -2.50. The fourth-order valence-electron chi connectivity index (χ4n) is 3.74. The molecule has 0 radical (unpaired) electrons. The predicted octanol–water partition coefficient (Wildman–Crippen LogP) is 2.85. The number of nitrogens with zero attached hydrogens (tertiary/aromatic N) is 2. The highest BCUT2D eigenvalue weighted by molar-refractivity contribution is 5.94. The van der Waals surface area contributed by atoms with Gasteiger partial charge >= 0.3 is 0 Å². The average molecular weight is 337 g/mol. The summed E-state index contributed by atoms with van der Waals surface area (Å²) in [7, 11) is 0. The molecule has 0 spiro atoms. The molecule has 2 heterocycles. The molecular formula is C18H25F2N3O. The smallest absolute Gasteiger partial charge is 0.241 e. The molecule has 0 aliphatic carbocycles. The number of halogens is 2. The fourth-order valence-corrected chi connectivity index (χ4v) is 3.74. The molecule has 3 rings (SSSR count). The van der Waals surface area contributed by atoms with Gasteiger partial charge in [-0.25, -0.2) is 8.78 Å². The van der Waals surface area contributed by atoms with E-state index < -0.39 is 11.6 Å². The zero-order valence-corrected chi connectivity index (χ0v) is 14.1. The lowest BCUT2D eigenvalue weighted by atomic mass is 10.0. The number of nitrogens with one attached hydrogen (secondary N) is 1. The number of benzene rings is 1. The SMILES string of the molecule is CC(C(=O)Nc1cc(F)ccc1F)N1CCC(N2CCCC2)CC1. The van der Waals surface area contributed by atoms with Gasteiger partial charge in [0.1, 0.15) is 11.6 Å². The Hall–Kier alpha value is -1.53. The lowest BCUT2D eigenvalue weighted by molar-refractivity contribution is -0.121. The number of likely N-dealkylation sites (tertiary alicyclic amines) is 2. The van der Waals surface area contributed by atoms with E-state index in [1.807, 2.05) is 6.92 Å². The third-order valence-electron chi connectivity index (χ3n) is 5.27. The zero-order chi connectivity index (χ0) is 17.1. The highest BCUT2D eigenvalue weighted by Gasteiger charge is 2.30. The van der Waals surface area contributed by atoms with Crippen LogP contribution in [0.15, 0.2) is 18.2 Å². The molecule has 1 amide bonds. The van der Waals surface area contributed by atoms with Gasteiger partial charge in [0, 0.05) is 25.2 Å². The van der Waals surface area contributed by atoms with Crippen LogP contribution in [0.1, 0.15) is 32.6 Å². The van der Waals surface area contributed by atoms with Crippen molar-refractivity contribution < 1.29 is 13.6 Å². The van der Waals surface area contributed by atoms with Crippen molar-refractivity contribution in [3.8, 4) is 0 Å². The third-order valence-corrected chi connectivity index (χ3v) is 5.27. The topological polar surface area (TPSA) is 35.6 Å². The number of hydrogen-bond acceptors (Lipinski definition) is 3. The van der Waals surface area contributed by atoms with Crippen molar-refractivity contribution >= 4 is 11.6 Å². The van der Waals surface area contributed by atoms with Crippen molar-refractivity contribution in [1.29, 1.82) is 0 Å². The van der Waals surface area contributed by atoms with E-state index in [1.165, 1.54) is 25.9 Å². The van der Waals surface area contributed by atoms with E-state index in [9.17, 15) is 13.6 Å². The monoisotopic (exact) mass is 337 g/mol. The third kappa shape index (κ3) is 3.92. The minimum atomic E-state index is -0.621. The van der Waals surface area contributed by atoms with Crippen molar-refractivity contribution in [1.82, 2.24) is 9.80 Å². The number of piperidine rings is 1. The first-order valence-electron chi connectivity index (χ1n) is 8.78. The molecule has 2 fully saturated rings. The van der Waals surface area contributed by atoms with Gasteiger partial charge in [0.15, 0.2) is 0 Å². The number of amides is 1. The Morgan fingerprint density at radius 3 is 2.50 bits per heavy atom. The Bertz CT molecular complexity index is 582. The van der Waals surface area contributed by atoms with Crippen LogP contribution in [-0.4, -0.2) is 54.0 Å². The standard InChI is InChI=1S/C18H25F2N3O/c1-13(18(24)21-17-12-14(19)4-5-16(17)20)22-10-6-15(7-11-22)23-8-2-3-9-23/h4-5,12-13,15H,2-3,6-11H2,1H3,(H,21,24). The Morgan fingerprint density at radius 1 is 1.17 bits per heavy atom. The summed E-state index contributed by atoms with van der Waals surface area (Å²) in [6.45, 7) is 5.94. The van der Waals surface area contributed by atoms with Gasteiger partial charge in [0.05, 0.1) is 11.7 Å². The second-order valence-electron chi connectivity index (χ2n) is 6.80. The van der Waals surface area contributed by atoms with Crippen LogP contribution < -0.4 is 5.32 Å². The number of hydrogen-bond donors (Lipinski definition) is 1. The molecule has 6 heteroatoms. The van der Waals surface area contributed by atoms with Gasteiger partial charge in [-0.05, 0) is 57.8 Å². The Kier molecular flexibility index (Phi) is 5.46. The summed E-state index contributed by atoms with van der Waals surface area (Å²) >= 11 is 0. The van der Waals surface area contributed by atoms with Crippen molar-refractivity contribution in [3.63, 3.8) is 0 Å². The normalized spacial score (nSPS) is 21.8. The second-order valence-corrected chi connectivity index (χ2v) is 6.80. The summed E-state index contributed by atoms with van der Waals surface area (Å²) in [5.41, 5.74) is -0.0983. The van der Waals surface area contributed by atoms with Crippen LogP contribution >= 0.6 is 0 Å².